The average molecular weight is 467 g/mol. The first-order chi connectivity index (χ1) is 15.1. The Hall–Kier alpha value is -2.50. The lowest BCUT2D eigenvalue weighted by Crippen LogP contribution is -2.49. The topological polar surface area (TPSA) is 40.6 Å². The van der Waals surface area contributed by atoms with Gasteiger partial charge in [0.1, 0.15) is 0 Å². The molecule has 1 saturated heterocycles. The molecular weight excluding hydrogens is 440 g/mol. The summed E-state index contributed by atoms with van der Waals surface area (Å²) in [6, 6.07) is 13.9. The van der Waals surface area contributed by atoms with E-state index in [1.165, 1.54) is 16.2 Å². The Morgan fingerprint density at radius 2 is 1.84 bits per heavy atom. The van der Waals surface area contributed by atoms with Crippen molar-refractivity contribution in [1.82, 2.24) is 4.90 Å². The fourth-order valence-corrected chi connectivity index (χ4v) is 5.72. The molecule has 0 bridgehead atoms. The van der Waals surface area contributed by atoms with E-state index < -0.39 is 0 Å². The van der Waals surface area contributed by atoms with Crippen molar-refractivity contribution in [3.8, 4) is 0 Å². The lowest BCUT2D eigenvalue weighted by atomic mass is 9.87. The summed E-state index contributed by atoms with van der Waals surface area (Å²) in [5.41, 5.74) is 5.14. The smallest absolute Gasteiger partial charge is 0.293 e. The van der Waals surface area contributed by atoms with Crippen molar-refractivity contribution in [3.05, 3.63) is 75.2 Å². The van der Waals surface area contributed by atoms with Crippen LogP contribution < -0.4 is 4.90 Å². The predicted octanol–water partition coefficient (Wildman–Crippen LogP) is 6.99. The Kier molecular flexibility index (Phi) is 5.99. The molecule has 2 aliphatic heterocycles. The summed E-state index contributed by atoms with van der Waals surface area (Å²) in [6.45, 7) is 11.1. The van der Waals surface area contributed by atoms with Crippen LogP contribution in [0.1, 0.15) is 51.3 Å². The predicted molar refractivity (Wildman–Crippen MR) is 135 cm³/mol. The Morgan fingerprint density at radius 3 is 2.53 bits per heavy atom. The number of anilines is 1. The third-order valence-corrected chi connectivity index (χ3v) is 7.15. The van der Waals surface area contributed by atoms with E-state index in [0.29, 0.717) is 16.0 Å². The molecule has 1 fully saturated rings. The zero-order valence-electron chi connectivity index (χ0n) is 19.0. The molecule has 0 spiro atoms. The number of nitrogens with zero attached hydrogens (tertiary/aromatic N) is 2. The molecule has 2 aliphatic rings. The average Bonchev–Trinajstić information content (AvgIpc) is 2.96. The first-order valence-corrected chi connectivity index (χ1v) is 11.9. The molecule has 2 amide bonds. The fourth-order valence-electron chi connectivity index (χ4n) is 4.69. The summed E-state index contributed by atoms with van der Waals surface area (Å²) < 4.78 is 0. The van der Waals surface area contributed by atoms with E-state index in [0.717, 1.165) is 28.5 Å². The van der Waals surface area contributed by atoms with E-state index in [-0.39, 0.29) is 23.2 Å². The molecule has 0 N–H and O–H groups in total. The van der Waals surface area contributed by atoms with Gasteiger partial charge in [0.25, 0.3) is 11.1 Å². The Bertz CT molecular complexity index is 1170. The van der Waals surface area contributed by atoms with E-state index in [4.69, 9.17) is 11.6 Å². The quantitative estimate of drug-likeness (QED) is 0.455. The molecule has 2 heterocycles. The largest absolute Gasteiger partial charge is 0.360 e. The van der Waals surface area contributed by atoms with Crippen LogP contribution in [-0.4, -0.2) is 27.6 Å². The maximum Gasteiger partial charge on any atom is 0.293 e. The molecule has 0 aromatic heterocycles. The van der Waals surface area contributed by atoms with Crippen LogP contribution in [0, 0.1) is 0 Å². The van der Waals surface area contributed by atoms with Gasteiger partial charge < -0.3 is 4.90 Å². The highest BCUT2D eigenvalue weighted by Gasteiger charge is 2.36. The van der Waals surface area contributed by atoms with Gasteiger partial charge in [-0.2, -0.15) is 0 Å². The zero-order chi connectivity index (χ0) is 23.2. The van der Waals surface area contributed by atoms with Crippen molar-refractivity contribution in [3.63, 3.8) is 0 Å². The second-order valence-corrected chi connectivity index (χ2v) is 10.5. The minimum Gasteiger partial charge on any atom is -0.360 e. The van der Waals surface area contributed by atoms with Crippen LogP contribution >= 0.6 is 23.4 Å². The lowest BCUT2D eigenvalue weighted by molar-refractivity contribution is -0.123. The highest BCUT2D eigenvalue weighted by molar-refractivity contribution is 8.18. The molecule has 4 nitrogen and oxygen atoms in total. The van der Waals surface area contributed by atoms with E-state index >= 15 is 0 Å². The van der Waals surface area contributed by atoms with Gasteiger partial charge in [0.15, 0.2) is 0 Å². The van der Waals surface area contributed by atoms with E-state index in [2.05, 4.69) is 57.7 Å². The number of thioether (sulfide) groups is 1. The van der Waals surface area contributed by atoms with Crippen molar-refractivity contribution in [1.29, 1.82) is 0 Å². The van der Waals surface area contributed by atoms with Gasteiger partial charge in [-0.1, -0.05) is 41.9 Å². The Morgan fingerprint density at radius 1 is 1.12 bits per heavy atom. The number of allylic oxidation sites excluding steroid dienone is 1. The number of carbonyl (C=O) groups is 2. The van der Waals surface area contributed by atoms with Crippen LogP contribution in [0.2, 0.25) is 5.02 Å². The van der Waals surface area contributed by atoms with Crippen LogP contribution in [0.15, 0.2) is 53.4 Å². The normalized spacial score (nSPS) is 19.1. The summed E-state index contributed by atoms with van der Waals surface area (Å²) in [5, 5.41) is 0.271. The summed E-state index contributed by atoms with van der Waals surface area (Å²) in [7, 11) is 0. The summed E-state index contributed by atoms with van der Waals surface area (Å²) in [6.07, 6.45) is 4.10. The lowest BCUT2D eigenvalue weighted by Gasteiger charge is -2.46. The Balaban J connectivity index is 1.64. The molecule has 166 valence electrons. The maximum absolute atomic E-state index is 13.0. The van der Waals surface area contributed by atoms with Crippen LogP contribution in [0.5, 0.6) is 0 Å². The minimum atomic E-state index is -0.283. The van der Waals surface area contributed by atoms with Crippen molar-refractivity contribution in [2.75, 3.05) is 4.90 Å². The number of halogens is 1. The van der Waals surface area contributed by atoms with Gasteiger partial charge in [0, 0.05) is 22.3 Å². The van der Waals surface area contributed by atoms with Crippen molar-refractivity contribution in [2.24, 2.45) is 0 Å². The number of hydrogen-bond acceptors (Lipinski definition) is 4. The maximum atomic E-state index is 13.0. The van der Waals surface area contributed by atoms with Crippen LogP contribution in [-0.2, 0) is 11.3 Å². The third-order valence-electron chi connectivity index (χ3n) is 5.87. The highest BCUT2D eigenvalue weighted by atomic mass is 35.5. The third kappa shape index (κ3) is 4.12. The first kappa shape index (κ1) is 22.7. The number of hydrogen-bond donors (Lipinski definition) is 0. The molecule has 0 saturated carbocycles. The molecule has 4 rings (SSSR count). The monoisotopic (exact) mass is 466 g/mol. The molecule has 6 heteroatoms. The summed E-state index contributed by atoms with van der Waals surface area (Å²) in [4.78, 5) is 29.6. The molecule has 2 aromatic rings. The van der Waals surface area contributed by atoms with E-state index in [1.807, 2.05) is 30.3 Å². The van der Waals surface area contributed by atoms with Gasteiger partial charge in [-0.15, -0.1) is 0 Å². The molecule has 0 atom stereocenters. The van der Waals surface area contributed by atoms with Crippen LogP contribution in [0.3, 0.4) is 0 Å². The van der Waals surface area contributed by atoms with E-state index in [1.54, 1.807) is 6.07 Å². The second-order valence-electron chi connectivity index (χ2n) is 9.08. The van der Waals surface area contributed by atoms with Gasteiger partial charge in [-0.25, -0.2) is 0 Å². The van der Waals surface area contributed by atoms with Gasteiger partial charge >= 0.3 is 0 Å². The molecular formula is C26H27ClN2O2S. The SMILES string of the molecule is CC1=CC(C)(C)N(C(C)C)c2ccc(/C=C3\SC(=O)N(Cc4ccccc4Cl)C3=O)cc21. The first-order valence-electron chi connectivity index (χ1n) is 10.7. The second kappa shape index (κ2) is 8.45. The molecule has 32 heavy (non-hydrogen) atoms. The number of benzene rings is 2. The van der Waals surface area contributed by atoms with Crippen LogP contribution in [0.4, 0.5) is 10.5 Å². The number of fused-ring (bicyclic) bond motifs is 1. The van der Waals surface area contributed by atoms with E-state index in [9.17, 15) is 9.59 Å². The fraction of sp³-hybridized carbons (Fsp3) is 0.308. The van der Waals surface area contributed by atoms with Crippen molar-refractivity contribution < 1.29 is 9.59 Å². The molecule has 0 unspecified atom stereocenters. The van der Waals surface area contributed by atoms with Crippen LogP contribution in [0.25, 0.3) is 11.6 Å². The summed E-state index contributed by atoms with van der Waals surface area (Å²) in [5.74, 6) is -0.283. The van der Waals surface area contributed by atoms with Gasteiger partial charge in [-0.05, 0) is 87.4 Å². The van der Waals surface area contributed by atoms with Crippen molar-refractivity contribution >= 4 is 51.8 Å². The Labute approximate surface area is 198 Å². The standard InChI is InChI=1S/C26H27ClN2O2S/c1-16(2)29-22-11-10-18(12-20(22)17(3)14-26(29,4)5)13-23-24(30)28(25(31)32-23)15-19-8-6-7-9-21(19)27/h6-14,16H,15H2,1-5H3/b23-13-. The number of amides is 2. The number of carbonyl (C=O) groups excluding carboxylic acids is 2. The number of rotatable bonds is 4. The summed E-state index contributed by atoms with van der Waals surface area (Å²) >= 11 is 7.19. The molecule has 0 aliphatic carbocycles. The zero-order valence-corrected chi connectivity index (χ0v) is 20.6. The number of imide groups is 1. The van der Waals surface area contributed by atoms with Gasteiger partial charge in [-0.3, -0.25) is 14.5 Å². The van der Waals surface area contributed by atoms with Crippen molar-refractivity contribution in [2.45, 2.75) is 52.7 Å². The highest BCUT2D eigenvalue weighted by Crippen LogP contribution is 2.41. The molecule has 0 radical (unpaired) electrons. The minimum absolute atomic E-state index is 0.0753. The molecule has 2 aromatic carbocycles. The van der Waals surface area contributed by atoms with Gasteiger partial charge in [0.2, 0.25) is 0 Å². The van der Waals surface area contributed by atoms with Gasteiger partial charge in [0.05, 0.1) is 17.0 Å².